The molecule has 3 nitrogen and oxygen atoms in total. The van der Waals surface area contributed by atoms with E-state index in [1.807, 2.05) is 36.4 Å². The summed E-state index contributed by atoms with van der Waals surface area (Å²) in [6.45, 7) is 0. The van der Waals surface area contributed by atoms with E-state index in [1.165, 1.54) is 0 Å². The number of aromatic carboxylic acids is 1. The second-order valence-electron chi connectivity index (χ2n) is 4.29. The molecule has 0 fully saturated rings. The molecule has 0 bridgehead atoms. The molecule has 19 heavy (non-hydrogen) atoms. The van der Waals surface area contributed by atoms with Crippen LogP contribution < -0.4 is 0 Å². The van der Waals surface area contributed by atoms with E-state index >= 15 is 0 Å². The number of carboxylic acids is 1. The van der Waals surface area contributed by atoms with E-state index in [9.17, 15) is 4.79 Å². The van der Waals surface area contributed by atoms with Gasteiger partial charge in [-0.15, -0.1) is 0 Å². The lowest BCUT2D eigenvalue weighted by atomic mass is 10.0. The summed E-state index contributed by atoms with van der Waals surface area (Å²) in [5, 5.41) is 9.95. The quantitative estimate of drug-likeness (QED) is 0.754. The Bertz CT molecular complexity index is 748. The van der Waals surface area contributed by atoms with Crippen LogP contribution in [0.1, 0.15) is 10.4 Å². The molecule has 0 spiro atoms. The van der Waals surface area contributed by atoms with Gasteiger partial charge >= 0.3 is 5.97 Å². The van der Waals surface area contributed by atoms with Crippen molar-refractivity contribution >= 4 is 16.9 Å². The summed E-state index contributed by atoms with van der Waals surface area (Å²) in [4.78, 5) is 15.1. The van der Waals surface area contributed by atoms with E-state index < -0.39 is 5.97 Å². The summed E-state index contributed by atoms with van der Waals surface area (Å²) in [7, 11) is 0. The molecule has 2 aromatic carbocycles. The molecule has 0 aliphatic heterocycles. The van der Waals surface area contributed by atoms with Gasteiger partial charge in [-0.1, -0.05) is 24.3 Å². The van der Waals surface area contributed by atoms with Crippen LogP contribution in [0.4, 0.5) is 0 Å². The fourth-order valence-corrected chi connectivity index (χ4v) is 2.06. The van der Waals surface area contributed by atoms with Crippen molar-refractivity contribution in [1.82, 2.24) is 4.98 Å². The zero-order valence-corrected chi connectivity index (χ0v) is 10.1. The highest BCUT2D eigenvalue weighted by molar-refractivity contribution is 5.89. The average Bonchev–Trinajstić information content (AvgIpc) is 2.47. The number of hydrogen-bond acceptors (Lipinski definition) is 2. The van der Waals surface area contributed by atoms with Crippen molar-refractivity contribution in [2.75, 3.05) is 0 Å². The SMILES string of the molecule is O=C(O)c1ccc(-c2ccc3ncccc3c2)cc1. The molecule has 0 radical (unpaired) electrons. The van der Waals surface area contributed by atoms with E-state index in [4.69, 9.17) is 5.11 Å². The van der Waals surface area contributed by atoms with Gasteiger partial charge in [0.05, 0.1) is 11.1 Å². The summed E-state index contributed by atoms with van der Waals surface area (Å²) in [5.41, 5.74) is 3.30. The van der Waals surface area contributed by atoms with E-state index in [0.717, 1.165) is 22.0 Å². The van der Waals surface area contributed by atoms with Crippen molar-refractivity contribution < 1.29 is 9.90 Å². The number of carbonyl (C=O) groups is 1. The Morgan fingerprint density at radius 1 is 0.947 bits per heavy atom. The van der Waals surface area contributed by atoms with Gasteiger partial charge in [0.15, 0.2) is 0 Å². The highest BCUT2D eigenvalue weighted by atomic mass is 16.4. The fourth-order valence-electron chi connectivity index (χ4n) is 2.06. The Labute approximate surface area is 110 Å². The van der Waals surface area contributed by atoms with Crippen LogP contribution >= 0.6 is 0 Å². The van der Waals surface area contributed by atoms with Crippen molar-refractivity contribution in [2.24, 2.45) is 0 Å². The second-order valence-corrected chi connectivity index (χ2v) is 4.29. The summed E-state index contributed by atoms with van der Waals surface area (Å²) in [6.07, 6.45) is 1.77. The minimum Gasteiger partial charge on any atom is -0.478 e. The number of rotatable bonds is 2. The molecule has 1 aromatic heterocycles. The summed E-state index contributed by atoms with van der Waals surface area (Å²) < 4.78 is 0. The lowest BCUT2D eigenvalue weighted by Crippen LogP contribution is -1.94. The third-order valence-corrected chi connectivity index (χ3v) is 3.07. The average molecular weight is 249 g/mol. The van der Waals surface area contributed by atoms with Crippen molar-refractivity contribution in [3.8, 4) is 11.1 Å². The lowest BCUT2D eigenvalue weighted by molar-refractivity contribution is 0.0697. The van der Waals surface area contributed by atoms with Gasteiger partial charge in [-0.05, 0) is 41.5 Å². The van der Waals surface area contributed by atoms with Crippen molar-refractivity contribution in [3.05, 3.63) is 66.4 Å². The maximum atomic E-state index is 10.8. The van der Waals surface area contributed by atoms with Crippen molar-refractivity contribution in [3.63, 3.8) is 0 Å². The topological polar surface area (TPSA) is 50.2 Å². The Hall–Kier alpha value is -2.68. The predicted molar refractivity (Wildman–Crippen MR) is 74.1 cm³/mol. The largest absolute Gasteiger partial charge is 0.478 e. The molecular weight excluding hydrogens is 238 g/mol. The Kier molecular flexibility index (Phi) is 2.72. The van der Waals surface area contributed by atoms with Crippen LogP contribution in [0, 0.1) is 0 Å². The summed E-state index contributed by atoms with van der Waals surface area (Å²) in [6, 6.07) is 16.8. The zero-order chi connectivity index (χ0) is 13.2. The van der Waals surface area contributed by atoms with Gasteiger partial charge in [0, 0.05) is 11.6 Å². The number of fused-ring (bicyclic) bond motifs is 1. The molecule has 3 rings (SSSR count). The van der Waals surface area contributed by atoms with E-state index in [-0.39, 0.29) is 0 Å². The minimum absolute atomic E-state index is 0.297. The molecule has 1 N–H and O–H groups in total. The van der Waals surface area contributed by atoms with E-state index in [2.05, 4.69) is 11.1 Å². The summed E-state index contributed by atoms with van der Waals surface area (Å²) in [5.74, 6) is -0.908. The van der Waals surface area contributed by atoms with Crippen LogP contribution in [0.15, 0.2) is 60.8 Å². The molecule has 0 saturated carbocycles. The molecule has 0 aliphatic carbocycles. The first-order valence-corrected chi connectivity index (χ1v) is 5.92. The van der Waals surface area contributed by atoms with Crippen molar-refractivity contribution in [1.29, 1.82) is 0 Å². The first kappa shape index (κ1) is 11.4. The monoisotopic (exact) mass is 249 g/mol. The number of carboxylic acid groups (broad SMARTS) is 1. The predicted octanol–water partition coefficient (Wildman–Crippen LogP) is 3.60. The zero-order valence-electron chi connectivity index (χ0n) is 10.1. The van der Waals surface area contributed by atoms with Gasteiger partial charge in [-0.3, -0.25) is 4.98 Å². The molecular formula is C16H11NO2. The van der Waals surface area contributed by atoms with Crippen LogP contribution in [0.25, 0.3) is 22.0 Å². The van der Waals surface area contributed by atoms with Gasteiger partial charge in [-0.25, -0.2) is 4.79 Å². The molecule has 3 heteroatoms. The van der Waals surface area contributed by atoms with Crippen LogP contribution in [0.5, 0.6) is 0 Å². The Morgan fingerprint density at radius 2 is 1.68 bits per heavy atom. The van der Waals surface area contributed by atoms with Crippen LogP contribution in [0.3, 0.4) is 0 Å². The van der Waals surface area contributed by atoms with Crippen LogP contribution in [0.2, 0.25) is 0 Å². The lowest BCUT2D eigenvalue weighted by Gasteiger charge is -2.04. The van der Waals surface area contributed by atoms with E-state index in [1.54, 1.807) is 18.3 Å². The van der Waals surface area contributed by atoms with Gasteiger partial charge in [0.25, 0.3) is 0 Å². The number of nitrogens with zero attached hydrogens (tertiary/aromatic N) is 1. The normalized spacial score (nSPS) is 10.5. The third kappa shape index (κ3) is 2.18. The first-order chi connectivity index (χ1) is 9.24. The molecule has 0 saturated heterocycles. The number of pyridine rings is 1. The third-order valence-electron chi connectivity index (χ3n) is 3.07. The molecule has 0 aliphatic rings. The highest BCUT2D eigenvalue weighted by Gasteiger charge is 2.04. The van der Waals surface area contributed by atoms with Crippen LogP contribution in [-0.2, 0) is 0 Å². The Balaban J connectivity index is 2.06. The smallest absolute Gasteiger partial charge is 0.335 e. The van der Waals surface area contributed by atoms with Crippen molar-refractivity contribution in [2.45, 2.75) is 0 Å². The molecule has 0 amide bonds. The molecule has 1 heterocycles. The minimum atomic E-state index is -0.908. The maximum absolute atomic E-state index is 10.8. The van der Waals surface area contributed by atoms with E-state index in [0.29, 0.717) is 5.56 Å². The number of hydrogen-bond donors (Lipinski definition) is 1. The standard InChI is InChI=1S/C16H11NO2/c18-16(19)12-5-3-11(4-6-12)13-7-8-15-14(10-13)2-1-9-17-15/h1-10H,(H,18,19). The van der Waals surface area contributed by atoms with Crippen LogP contribution in [-0.4, -0.2) is 16.1 Å². The second kappa shape index (κ2) is 4.53. The van der Waals surface area contributed by atoms with Gasteiger partial charge < -0.3 is 5.11 Å². The molecule has 92 valence electrons. The summed E-state index contributed by atoms with van der Waals surface area (Å²) >= 11 is 0. The first-order valence-electron chi connectivity index (χ1n) is 5.92. The molecule has 3 aromatic rings. The maximum Gasteiger partial charge on any atom is 0.335 e. The number of aromatic nitrogens is 1. The number of benzene rings is 2. The van der Waals surface area contributed by atoms with Gasteiger partial charge in [0.2, 0.25) is 0 Å². The van der Waals surface area contributed by atoms with Gasteiger partial charge in [-0.2, -0.15) is 0 Å². The fraction of sp³-hybridized carbons (Fsp3) is 0. The molecule has 0 atom stereocenters. The highest BCUT2D eigenvalue weighted by Crippen LogP contribution is 2.23. The van der Waals surface area contributed by atoms with Gasteiger partial charge in [0.1, 0.15) is 0 Å². The Morgan fingerprint density at radius 3 is 2.42 bits per heavy atom. The molecule has 0 unspecified atom stereocenters.